The number of ether oxygens (including phenoxy) is 1. The van der Waals surface area contributed by atoms with Crippen LogP contribution in [-0.4, -0.2) is 7.11 Å². The van der Waals surface area contributed by atoms with E-state index in [0.29, 0.717) is 48.3 Å². The van der Waals surface area contributed by atoms with Crippen LogP contribution in [-0.2, 0) is 0 Å². The molecule has 0 radical (unpaired) electrons. The van der Waals surface area contributed by atoms with Gasteiger partial charge in [-0.1, -0.05) is 38.0 Å². The first-order valence-electron chi connectivity index (χ1n) is 11.4. The molecule has 5 heteroatoms. The number of methoxy groups -OCH3 is 1. The molecule has 2 aliphatic carbocycles. The third-order valence-electron chi connectivity index (χ3n) is 7.50. The Morgan fingerprint density at radius 2 is 0.935 bits per heavy atom. The lowest BCUT2D eigenvalue weighted by molar-refractivity contribution is 0.336. The van der Waals surface area contributed by atoms with Crippen molar-refractivity contribution in [3.05, 3.63) is 64.2 Å². The Labute approximate surface area is 181 Å². The van der Waals surface area contributed by atoms with Crippen LogP contribution < -0.4 is 4.74 Å². The second-order valence-electron chi connectivity index (χ2n) is 9.36. The van der Waals surface area contributed by atoms with Crippen LogP contribution in [0.3, 0.4) is 0 Å². The molecule has 2 fully saturated rings. The largest absolute Gasteiger partial charge is 0.494 e. The van der Waals surface area contributed by atoms with E-state index in [1.165, 1.54) is 13.2 Å². The summed E-state index contributed by atoms with van der Waals surface area (Å²) in [6, 6.07) is 6.55. The lowest BCUT2D eigenvalue weighted by Gasteiger charge is -2.31. The van der Waals surface area contributed by atoms with Crippen molar-refractivity contribution in [2.45, 2.75) is 76.0 Å². The van der Waals surface area contributed by atoms with E-state index in [1.54, 1.807) is 18.2 Å². The Kier molecular flexibility index (Phi) is 6.59. The van der Waals surface area contributed by atoms with Crippen LogP contribution in [0.4, 0.5) is 17.6 Å². The fourth-order valence-electron chi connectivity index (χ4n) is 5.52. The Morgan fingerprint density at radius 1 is 0.581 bits per heavy atom. The van der Waals surface area contributed by atoms with E-state index >= 15 is 4.39 Å². The average molecular weight is 435 g/mol. The summed E-state index contributed by atoms with van der Waals surface area (Å²) < 4.78 is 63.3. The predicted octanol–water partition coefficient (Wildman–Crippen LogP) is 7.99. The van der Waals surface area contributed by atoms with Crippen LogP contribution in [0.15, 0.2) is 24.3 Å². The Hall–Kier alpha value is -2.04. The van der Waals surface area contributed by atoms with Crippen molar-refractivity contribution in [1.82, 2.24) is 0 Å². The second kappa shape index (κ2) is 9.22. The molecule has 1 nitrogen and oxygen atoms in total. The highest BCUT2D eigenvalue weighted by molar-refractivity contribution is 5.35. The first-order valence-corrected chi connectivity index (χ1v) is 11.4. The molecule has 31 heavy (non-hydrogen) atoms. The van der Waals surface area contributed by atoms with E-state index < -0.39 is 23.3 Å². The summed E-state index contributed by atoms with van der Waals surface area (Å²) in [5.41, 5.74) is 1.27. The maximum atomic E-state index is 15.0. The van der Waals surface area contributed by atoms with Crippen molar-refractivity contribution in [1.29, 1.82) is 0 Å². The monoisotopic (exact) mass is 434 g/mol. The topological polar surface area (TPSA) is 9.23 Å². The lowest BCUT2D eigenvalue weighted by Crippen LogP contribution is -2.17. The number of rotatable bonds is 4. The zero-order chi connectivity index (χ0) is 22.1. The standard InChI is InChI=1S/C26H30F4O/c1-15-3-5-16(6-4-15)19-11-12-20(24(28)23(19)27)17-7-9-18(10-8-17)21-13-14-22(31-2)26(30)25(21)29/h11-18H,3-10H2,1-2H3. The minimum Gasteiger partial charge on any atom is -0.494 e. The van der Waals surface area contributed by atoms with Crippen LogP contribution in [0, 0.1) is 29.2 Å². The van der Waals surface area contributed by atoms with Crippen LogP contribution >= 0.6 is 0 Å². The molecule has 0 bridgehead atoms. The highest BCUT2D eigenvalue weighted by Gasteiger charge is 2.31. The van der Waals surface area contributed by atoms with E-state index in [1.807, 2.05) is 0 Å². The Bertz CT molecular complexity index is 925. The molecule has 2 saturated carbocycles. The van der Waals surface area contributed by atoms with Gasteiger partial charge in [0.1, 0.15) is 0 Å². The molecule has 0 saturated heterocycles. The molecule has 4 rings (SSSR count). The molecule has 0 amide bonds. The van der Waals surface area contributed by atoms with Crippen molar-refractivity contribution in [2.24, 2.45) is 5.92 Å². The molecular weight excluding hydrogens is 404 g/mol. The van der Waals surface area contributed by atoms with Gasteiger partial charge in [0.2, 0.25) is 5.82 Å². The summed E-state index contributed by atoms with van der Waals surface area (Å²) in [5, 5.41) is 0. The molecule has 0 aliphatic heterocycles. The van der Waals surface area contributed by atoms with Gasteiger partial charge in [0.25, 0.3) is 0 Å². The summed E-state index contributed by atoms with van der Waals surface area (Å²) in [6.07, 6.45) is 6.38. The van der Waals surface area contributed by atoms with Gasteiger partial charge in [0.05, 0.1) is 7.11 Å². The van der Waals surface area contributed by atoms with Gasteiger partial charge in [0, 0.05) is 0 Å². The summed E-state index contributed by atoms with van der Waals surface area (Å²) in [7, 11) is 1.30. The minimum atomic E-state index is -0.970. The normalized spacial score (nSPS) is 26.6. The zero-order valence-electron chi connectivity index (χ0n) is 18.2. The second-order valence-corrected chi connectivity index (χ2v) is 9.36. The first-order chi connectivity index (χ1) is 14.9. The van der Waals surface area contributed by atoms with Crippen LogP contribution in [0.1, 0.15) is 92.7 Å². The van der Waals surface area contributed by atoms with Gasteiger partial charge in [0.15, 0.2) is 23.2 Å². The van der Waals surface area contributed by atoms with Gasteiger partial charge < -0.3 is 4.74 Å². The van der Waals surface area contributed by atoms with Gasteiger partial charge in [-0.05, 0) is 85.0 Å². The lowest BCUT2D eigenvalue weighted by atomic mass is 9.75. The van der Waals surface area contributed by atoms with Crippen molar-refractivity contribution < 1.29 is 22.3 Å². The number of hydrogen-bond acceptors (Lipinski definition) is 1. The van der Waals surface area contributed by atoms with Crippen LogP contribution in [0.5, 0.6) is 5.75 Å². The van der Waals surface area contributed by atoms with Crippen LogP contribution in [0.2, 0.25) is 0 Å². The minimum absolute atomic E-state index is 0.0997. The summed E-state index contributed by atoms with van der Waals surface area (Å²) in [4.78, 5) is 0. The van der Waals surface area contributed by atoms with E-state index in [0.717, 1.165) is 25.7 Å². The fourth-order valence-corrected chi connectivity index (χ4v) is 5.52. The van der Waals surface area contributed by atoms with Crippen molar-refractivity contribution in [3.63, 3.8) is 0 Å². The summed E-state index contributed by atoms with van der Waals surface area (Å²) in [6.45, 7) is 2.21. The van der Waals surface area contributed by atoms with Gasteiger partial charge in [-0.25, -0.2) is 13.2 Å². The van der Waals surface area contributed by atoms with Crippen LogP contribution in [0.25, 0.3) is 0 Å². The molecule has 168 valence electrons. The molecular formula is C26H30F4O. The molecule has 2 aromatic rings. The Morgan fingerprint density at radius 3 is 1.35 bits per heavy atom. The summed E-state index contributed by atoms with van der Waals surface area (Å²) in [5.74, 6) is -2.84. The van der Waals surface area contributed by atoms with E-state index in [2.05, 4.69) is 6.92 Å². The van der Waals surface area contributed by atoms with E-state index in [-0.39, 0.29) is 23.5 Å². The average Bonchev–Trinajstić information content (AvgIpc) is 2.78. The van der Waals surface area contributed by atoms with E-state index in [4.69, 9.17) is 4.74 Å². The molecule has 0 heterocycles. The third kappa shape index (κ3) is 4.33. The van der Waals surface area contributed by atoms with Gasteiger partial charge in [-0.3, -0.25) is 0 Å². The fraction of sp³-hybridized carbons (Fsp3) is 0.538. The molecule has 0 spiro atoms. The van der Waals surface area contributed by atoms with Gasteiger partial charge >= 0.3 is 0 Å². The highest BCUT2D eigenvalue weighted by atomic mass is 19.2. The number of hydrogen-bond donors (Lipinski definition) is 0. The zero-order valence-corrected chi connectivity index (χ0v) is 18.2. The predicted molar refractivity (Wildman–Crippen MR) is 114 cm³/mol. The molecule has 2 aliphatic rings. The molecule has 0 aromatic heterocycles. The van der Waals surface area contributed by atoms with Crippen molar-refractivity contribution in [2.75, 3.05) is 7.11 Å². The first kappa shape index (κ1) is 22.2. The highest BCUT2D eigenvalue weighted by Crippen LogP contribution is 2.44. The maximum absolute atomic E-state index is 15.0. The smallest absolute Gasteiger partial charge is 0.200 e. The maximum Gasteiger partial charge on any atom is 0.200 e. The van der Waals surface area contributed by atoms with Crippen molar-refractivity contribution >= 4 is 0 Å². The number of halogens is 4. The molecule has 0 atom stereocenters. The third-order valence-corrected chi connectivity index (χ3v) is 7.50. The Balaban J connectivity index is 1.47. The molecule has 2 aromatic carbocycles. The SMILES string of the molecule is COc1ccc(C2CCC(c3ccc(C4CCC(C)CC4)c(F)c3F)CC2)c(F)c1F. The van der Waals surface area contributed by atoms with E-state index in [9.17, 15) is 13.2 Å². The quantitative estimate of drug-likeness (QED) is 0.443. The van der Waals surface area contributed by atoms with Crippen molar-refractivity contribution in [3.8, 4) is 5.75 Å². The number of benzene rings is 2. The molecule has 0 unspecified atom stereocenters. The van der Waals surface area contributed by atoms with Gasteiger partial charge in [-0.2, -0.15) is 4.39 Å². The van der Waals surface area contributed by atoms with Gasteiger partial charge in [-0.15, -0.1) is 0 Å². The summed E-state index contributed by atoms with van der Waals surface area (Å²) >= 11 is 0. The molecule has 0 N–H and O–H groups in total.